The molecule has 1 aromatic rings. The Morgan fingerprint density at radius 1 is 1.25 bits per heavy atom. The minimum absolute atomic E-state index is 0.259. The number of rotatable bonds is 5. The van der Waals surface area contributed by atoms with Crippen LogP contribution in [0.25, 0.3) is 0 Å². The van der Waals surface area contributed by atoms with Crippen molar-refractivity contribution in [1.29, 1.82) is 0 Å². The third-order valence-electron chi connectivity index (χ3n) is 4.30. The Hall–Kier alpha value is -2.63. The van der Waals surface area contributed by atoms with Crippen molar-refractivity contribution < 1.29 is 24.2 Å². The highest BCUT2D eigenvalue weighted by atomic mass is 16.5. The minimum atomic E-state index is -1.23. The van der Waals surface area contributed by atoms with Gasteiger partial charge >= 0.3 is 5.97 Å². The van der Waals surface area contributed by atoms with Gasteiger partial charge in [-0.05, 0) is 44.0 Å². The van der Waals surface area contributed by atoms with Gasteiger partial charge in [-0.2, -0.15) is 0 Å². The van der Waals surface area contributed by atoms with E-state index in [0.29, 0.717) is 17.7 Å². The molecule has 1 amide bonds. The summed E-state index contributed by atoms with van der Waals surface area (Å²) in [5, 5.41) is 14.2. The average Bonchev–Trinajstić information content (AvgIpc) is 2.56. The van der Waals surface area contributed by atoms with Crippen LogP contribution in [0.3, 0.4) is 0 Å². The topological polar surface area (TPSA) is 95.5 Å². The second kappa shape index (κ2) is 7.29. The van der Waals surface area contributed by atoms with Gasteiger partial charge in [0.15, 0.2) is 0 Å². The SMILES string of the molecule is CCOC(=O)c1ccc(NC(=O)[C@H]2CC=CC[C@@]2(C)C(=O)[O-])cc1. The summed E-state index contributed by atoms with van der Waals surface area (Å²) in [4.78, 5) is 35.5. The van der Waals surface area contributed by atoms with Crippen molar-refractivity contribution in [2.45, 2.75) is 26.7 Å². The lowest BCUT2D eigenvalue weighted by atomic mass is 9.69. The van der Waals surface area contributed by atoms with Crippen LogP contribution in [-0.4, -0.2) is 24.5 Å². The van der Waals surface area contributed by atoms with Crippen LogP contribution in [0, 0.1) is 11.3 Å². The summed E-state index contributed by atoms with van der Waals surface area (Å²) < 4.78 is 4.89. The first-order valence-electron chi connectivity index (χ1n) is 7.83. The highest BCUT2D eigenvalue weighted by Crippen LogP contribution is 2.38. The van der Waals surface area contributed by atoms with Gasteiger partial charge in [0.05, 0.1) is 18.1 Å². The van der Waals surface area contributed by atoms with E-state index in [0.717, 1.165) is 0 Å². The summed E-state index contributed by atoms with van der Waals surface area (Å²) in [7, 11) is 0. The number of hydrogen-bond acceptors (Lipinski definition) is 5. The number of carbonyl (C=O) groups is 3. The number of carboxylic acid groups (broad SMARTS) is 1. The summed E-state index contributed by atoms with van der Waals surface area (Å²) in [6.45, 7) is 3.54. The van der Waals surface area contributed by atoms with Crippen molar-refractivity contribution in [3.8, 4) is 0 Å². The van der Waals surface area contributed by atoms with Crippen LogP contribution in [0.4, 0.5) is 5.69 Å². The predicted molar refractivity (Wildman–Crippen MR) is 86.0 cm³/mol. The molecule has 2 rings (SSSR count). The Balaban J connectivity index is 2.10. The van der Waals surface area contributed by atoms with E-state index in [4.69, 9.17) is 4.74 Å². The fraction of sp³-hybridized carbons (Fsp3) is 0.389. The van der Waals surface area contributed by atoms with E-state index < -0.39 is 23.3 Å². The Bertz CT molecular complexity index is 664. The van der Waals surface area contributed by atoms with Gasteiger partial charge in [-0.25, -0.2) is 4.79 Å². The Morgan fingerprint density at radius 2 is 1.92 bits per heavy atom. The molecule has 0 saturated heterocycles. The van der Waals surface area contributed by atoms with Gasteiger partial charge in [-0.15, -0.1) is 0 Å². The van der Waals surface area contributed by atoms with Crippen LogP contribution in [-0.2, 0) is 14.3 Å². The smallest absolute Gasteiger partial charge is 0.338 e. The lowest BCUT2D eigenvalue weighted by Crippen LogP contribution is -2.49. The van der Waals surface area contributed by atoms with Gasteiger partial charge in [-0.1, -0.05) is 19.1 Å². The fourth-order valence-corrected chi connectivity index (χ4v) is 2.72. The van der Waals surface area contributed by atoms with Crippen LogP contribution >= 0.6 is 0 Å². The van der Waals surface area contributed by atoms with Crippen molar-refractivity contribution in [1.82, 2.24) is 0 Å². The normalized spacial score (nSPS) is 22.7. The van der Waals surface area contributed by atoms with Crippen LogP contribution < -0.4 is 10.4 Å². The lowest BCUT2D eigenvalue weighted by Gasteiger charge is -2.38. The molecule has 0 heterocycles. The number of carboxylic acids is 1. The third kappa shape index (κ3) is 3.64. The molecule has 1 aliphatic rings. The number of esters is 1. The highest BCUT2D eigenvalue weighted by molar-refractivity contribution is 5.97. The molecule has 2 atom stereocenters. The van der Waals surface area contributed by atoms with E-state index >= 15 is 0 Å². The maximum atomic E-state index is 12.5. The summed E-state index contributed by atoms with van der Waals surface area (Å²) >= 11 is 0. The lowest BCUT2D eigenvalue weighted by molar-refractivity contribution is -0.320. The molecule has 0 saturated carbocycles. The van der Waals surface area contributed by atoms with E-state index in [2.05, 4.69) is 5.32 Å². The molecule has 6 heteroatoms. The Morgan fingerprint density at radius 3 is 2.50 bits per heavy atom. The summed E-state index contributed by atoms with van der Waals surface area (Å²) in [6, 6.07) is 6.26. The summed E-state index contributed by atoms with van der Waals surface area (Å²) in [5.74, 6) is -2.76. The second-order valence-electron chi connectivity index (χ2n) is 5.96. The number of aliphatic carboxylic acids is 1. The fourth-order valence-electron chi connectivity index (χ4n) is 2.72. The van der Waals surface area contributed by atoms with Gasteiger partial charge in [-0.3, -0.25) is 4.79 Å². The first-order valence-corrected chi connectivity index (χ1v) is 7.83. The van der Waals surface area contributed by atoms with Crippen molar-refractivity contribution in [3.63, 3.8) is 0 Å². The van der Waals surface area contributed by atoms with E-state index in [1.54, 1.807) is 43.3 Å². The van der Waals surface area contributed by atoms with Crippen molar-refractivity contribution in [2.24, 2.45) is 11.3 Å². The molecule has 0 aliphatic heterocycles. The molecule has 24 heavy (non-hydrogen) atoms. The molecular weight excluding hydrogens is 310 g/mol. The zero-order valence-electron chi connectivity index (χ0n) is 13.7. The molecule has 0 fully saturated rings. The molecule has 6 nitrogen and oxygen atoms in total. The molecule has 0 unspecified atom stereocenters. The van der Waals surface area contributed by atoms with Gasteiger partial charge in [0.1, 0.15) is 0 Å². The maximum Gasteiger partial charge on any atom is 0.338 e. The number of anilines is 1. The molecule has 0 aromatic heterocycles. The first kappa shape index (κ1) is 17.7. The summed E-state index contributed by atoms with van der Waals surface area (Å²) in [6.07, 6.45) is 4.17. The number of ether oxygens (including phenoxy) is 1. The molecule has 0 spiro atoms. The van der Waals surface area contributed by atoms with E-state index in [1.165, 1.54) is 6.92 Å². The zero-order chi connectivity index (χ0) is 17.7. The standard InChI is InChI=1S/C18H21NO5/c1-3-24-16(21)12-7-9-13(10-8-12)19-15(20)14-6-4-5-11-18(14,2)17(22)23/h4-5,7-10,14H,3,6,11H2,1-2H3,(H,19,20)(H,22,23)/p-1/t14-,18-/m1/s1. The molecule has 0 bridgehead atoms. The van der Waals surface area contributed by atoms with Crippen molar-refractivity contribution >= 4 is 23.5 Å². The van der Waals surface area contributed by atoms with E-state index in [9.17, 15) is 19.5 Å². The van der Waals surface area contributed by atoms with Crippen LogP contribution in [0.2, 0.25) is 0 Å². The Labute approximate surface area is 140 Å². The predicted octanol–water partition coefficient (Wildman–Crippen LogP) is 1.52. The molecule has 128 valence electrons. The summed E-state index contributed by atoms with van der Waals surface area (Å²) in [5.41, 5.74) is -0.359. The largest absolute Gasteiger partial charge is 0.550 e. The van der Waals surface area contributed by atoms with E-state index in [1.807, 2.05) is 0 Å². The number of allylic oxidation sites excluding steroid dienone is 2. The number of nitrogens with one attached hydrogen (secondary N) is 1. The minimum Gasteiger partial charge on any atom is -0.550 e. The molecule has 1 aromatic carbocycles. The molecular formula is C18H20NO5-. The Kier molecular flexibility index (Phi) is 5.39. The van der Waals surface area contributed by atoms with Crippen molar-refractivity contribution in [2.75, 3.05) is 11.9 Å². The van der Waals surface area contributed by atoms with Crippen molar-refractivity contribution in [3.05, 3.63) is 42.0 Å². The number of amides is 1. The third-order valence-corrected chi connectivity index (χ3v) is 4.30. The van der Waals surface area contributed by atoms with Gasteiger partial charge in [0, 0.05) is 17.1 Å². The number of carbonyl (C=O) groups excluding carboxylic acids is 3. The van der Waals surface area contributed by atoms with Gasteiger partial charge < -0.3 is 20.0 Å². The highest BCUT2D eigenvalue weighted by Gasteiger charge is 2.40. The zero-order valence-corrected chi connectivity index (χ0v) is 13.7. The molecule has 0 radical (unpaired) electrons. The monoisotopic (exact) mass is 330 g/mol. The average molecular weight is 330 g/mol. The maximum absolute atomic E-state index is 12.5. The first-order chi connectivity index (χ1) is 11.4. The molecule has 1 aliphatic carbocycles. The number of hydrogen-bond donors (Lipinski definition) is 1. The van der Waals surface area contributed by atoms with Crippen LogP contribution in [0.15, 0.2) is 36.4 Å². The van der Waals surface area contributed by atoms with Gasteiger partial charge in [0.2, 0.25) is 5.91 Å². The number of benzene rings is 1. The molecule has 1 N–H and O–H groups in total. The van der Waals surface area contributed by atoms with Crippen LogP contribution in [0.1, 0.15) is 37.0 Å². The second-order valence-corrected chi connectivity index (χ2v) is 5.96. The quantitative estimate of drug-likeness (QED) is 0.652. The van der Waals surface area contributed by atoms with E-state index in [-0.39, 0.29) is 18.9 Å². The van der Waals surface area contributed by atoms with Crippen LogP contribution in [0.5, 0.6) is 0 Å². The van der Waals surface area contributed by atoms with Gasteiger partial charge in [0.25, 0.3) is 0 Å².